The summed E-state index contributed by atoms with van der Waals surface area (Å²) in [5, 5.41) is 0. The van der Waals surface area contributed by atoms with Gasteiger partial charge in [0, 0.05) is 37.7 Å². The Hall–Kier alpha value is -2.71. The van der Waals surface area contributed by atoms with Crippen molar-refractivity contribution in [2.24, 2.45) is 4.99 Å². The molecule has 0 N–H and O–H groups in total. The van der Waals surface area contributed by atoms with Crippen LogP contribution in [-0.2, 0) is 14.8 Å². The van der Waals surface area contributed by atoms with E-state index in [9.17, 15) is 13.2 Å². The zero-order valence-corrected chi connectivity index (χ0v) is 18.7. The topological polar surface area (TPSA) is 83.2 Å². The minimum Gasteiger partial charge on any atom is -0.457 e. The van der Waals surface area contributed by atoms with Crippen LogP contribution in [0, 0.1) is 0 Å². The molecule has 31 heavy (non-hydrogen) atoms. The molecule has 4 rings (SSSR count). The molecule has 0 bridgehead atoms. The number of nitrogens with zero attached hydrogens (tertiary/aromatic N) is 3. The zero-order chi connectivity index (χ0) is 22.0. The number of amidine groups is 1. The summed E-state index contributed by atoms with van der Waals surface area (Å²) in [5.41, 5.74) is 1.33. The van der Waals surface area contributed by atoms with Crippen molar-refractivity contribution in [3.05, 3.63) is 47.9 Å². The lowest BCUT2D eigenvalue weighted by Crippen LogP contribution is -2.30. The molecular formula is C23H27N3O4S. The zero-order valence-electron chi connectivity index (χ0n) is 17.9. The van der Waals surface area contributed by atoms with Crippen LogP contribution in [0.4, 0.5) is 0 Å². The summed E-state index contributed by atoms with van der Waals surface area (Å²) in [5.74, 6) is 1.81. The van der Waals surface area contributed by atoms with E-state index >= 15 is 0 Å². The van der Waals surface area contributed by atoms with Crippen LogP contribution < -0.4 is 0 Å². The van der Waals surface area contributed by atoms with Crippen molar-refractivity contribution in [1.29, 1.82) is 0 Å². The fraction of sp³-hybridized carbons (Fsp3) is 0.391. The van der Waals surface area contributed by atoms with Crippen LogP contribution >= 0.6 is 0 Å². The lowest BCUT2D eigenvalue weighted by molar-refractivity contribution is -0.114. The third kappa shape index (κ3) is 4.22. The summed E-state index contributed by atoms with van der Waals surface area (Å²) in [6.45, 7) is 5.30. The van der Waals surface area contributed by atoms with Gasteiger partial charge in [0.25, 0.3) is 5.91 Å². The number of aliphatic imine (C=N–C) groups is 1. The monoisotopic (exact) mass is 441 g/mol. The summed E-state index contributed by atoms with van der Waals surface area (Å²) in [6.07, 6.45) is 5.81. The van der Waals surface area contributed by atoms with E-state index < -0.39 is 10.0 Å². The Bertz CT molecular complexity index is 1130. The number of benzene rings is 1. The molecule has 1 aromatic carbocycles. The molecule has 0 unspecified atom stereocenters. The van der Waals surface area contributed by atoms with Gasteiger partial charge in [-0.2, -0.15) is 9.30 Å². The average Bonchev–Trinajstić information content (AvgIpc) is 3.26. The number of rotatable bonds is 6. The van der Waals surface area contributed by atoms with Crippen molar-refractivity contribution >= 4 is 27.8 Å². The number of carbonyl (C=O) groups is 1. The van der Waals surface area contributed by atoms with Crippen LogP contribution in [-0.4, -0.2) is 49.0 Å². The summed E-state index contributed by atoms with van der Waals surface area (Å²) >= 11 is 0. The van der Waals surface area contributed by atoms with Crippen molar-refractivity contribution in [2.75, 3.05) is 19.6 Å². The third-order valence-corrected chi connectivity index (χ3v) is 7.79. The molecule has 0 atom stereocenters. The van der Waals surface area contributed by atoms with Crippen molar-refractivity contribution in [1.82, 2.24) is 9.21 Å². The highest BCUT2D eigenvalue weighted by Crippen LogP contribution is 2.29. The standard InChI is InChI=1S/C23H27N3O4S/c1-3-25(4-2)31(28,29)19-12-9-17(10-13-19)21-14-11-18(30-21)16-20-23(27)24-22-8-6-5-7-15-26(20)22/h9-14,16H,3-8,15H2,1-2H3. The molecule has 0 radical (unpaired) electrons. The highest BCUT2D eigenvalue weighted by Gasteiger charge is 2.30. The number of hydrogen-bond acceptors (Lipinski definition) is 5. The van der Waals surface area contributed by atoms with Crippen LogP contribution in [0.2, 0.25) is 0 Å². The fourth-order valence-electron chi connectivity index (χ4n) is 4.02. The molecule has 2 aliphatic heterocycles. The molecule has 3 heterocycles. The summed E-state index contributed by atoms with van der Waals surface area (Å²) in [6, 6.07) is 10.3. The molecule has 2 aliphatic rings. The number of hydrogen-bond donors (Lipinski definition) is 0. The van der Waals surface area contributed by atoms with E-state index in [0.29, 0.717) is 30.3 Å². The summed E-state index contributed by atoms with van der Waals surface area (Å²) in [7, 11) is -3.49. The minimum absolute atomic E-state index is 0.221. The predicted molar refractivity (Wildman–Crippen MR) is 120 cm³/mol. The van der Waals surface area contributed by atoms with Crippen LogP contribution in [0.1, 0.15) is 45.3 Å². The van der Waals surface area contributed by atoms with Gasteiger partial charge >= 0.3 is 0 Å². The number of fused-ring (bicyclic) bond motifs is 1. The Balaban J connectivity index is 1.56. The highest BCUT2D eigenvalue weighted by molar-refractivity contribution is 7.89. The SMILES string of the molecule is CCN(CC)S(=O)(=O)c1ccc(-c2ccc(C=C3C(=O)N=C4CCCCCN34)o2)cc1. The van der Waals surface area contributed by atoms with E-state index in [1.54, 1.807) is 30.3 Å². The smallest absolute Gasteiger partial charge is 0.295 e. The molecule has 1 amide bonds. The molecule has 0 aliphatic carbocycles. The Kier molecular flexibility index (Phi) is 6.11. The molecule has 7 nitrogen and oxygen atoms in total. The molecule has 1 fully saturated rings. The number of furan rings is 1. The fourth-order valence-corrected chi connectivity index (χ4v) is 5.48. The molecule has 8 heteroatoms. The average molecular weight is 442 g/mol. The predicted octanol–water partition coefficient (Wildman–Crippen LogP) is 4.13. The van der Waals surface area contributed by atoms with Gasteiger partial charge in [0.1, 0.15) is 23.1 Å². The van der Waals surface area contributed by atoms with Crippen LogP contribution in [0.15, 0.2) is 56.4 Å². The summed E-state index contributed by atoms with van der Waals surface area (Å²) in [4.78, 5) is 18.8. The first kappa shape index (κ1) is 21.5. The van der Waals surface area contributed by atoms with Gasteiger partial charge in [-0.15, -0.1) is 0 Å². The molecule has 0 saturated carbocycles. The Morgan fingerprint density at radius 3 is 2.52 bits per heavy atom. The minimum atomic E-state index is -3.49. The maximum Gasteiger partial charge on any atom is 0.295 e. The quantitative estimate of drug-likeness (QED) is 0.630. The van der Waals surface area contributed by atoms with Crippen molar-refractivity contribution in [3.8, 4) is 11.3 Å². The van der Waals surface area contributed by atoms with E-state index in [1.807, 2.05) is 30.9 Å². The van der Waals surface area contributed by atoms with Gasteiger partial charge in [0.2, 0.25) is 10.0 Å². The van der Waals surface area contributed by atoms with Gasteiger partial charge in [0.05, 0.1) is 4.90 Å². The molecule has 0 spiro atoms. The van der Waals surface area contributed by atoms with E-state index in [4.69, 9.17) is 4.42 Å². The molecule has 164 valence electrons. The number of amides is 1. The number of sulfonamides is 1. The molecule has 1 saturated heterocycles. The van der Waals surface area contributed by atoms with Gasteiger partial charge in [-0.05, 0) is 49.2 Å². The Morgan fingerprint density at radius 1 is 1.06 bits per heavy atom. The normalized spacial score (nSPS) is 18.4. The number of carbonyl (C=O) groups excluding carboxylic acids is 1. The van der Waals surface area contributed by atoms with Crippen molar-refractivity contribution < 1.29 is 17.6 Å². The molecular weight excluding hydrogens is 414 g/mol. The summed E-state index contributed by atoms with van der Waals surface area (Å²) < 4.78 is 32.7. The van der Waals surface area contributed by atoms with Gasteiger partial charge in [-0.25, -0.2) is 8.42 Å². The van der Waals surface area contributed by atoms with Gasteiger partial charge in [-0.3, -0.25) is 4.79 Å². The van der Waals surface area contributed by atoms with E-state index in [1.165, 1.54) is 4.31 Å². The van der Waals surface area contributed by atoms with Gasteiger partial charge < -0.3 is 9.32 Å². The lowest BCUT2D eigenvalue weighted by Gasteiger charge is -2.18. The molecule has 2 aromatic rings. The lowest BCUT2D eigenvalue weighted by atomic mass is 10.2. The van der Waals surface area contributed by atoms with E-state index in [-0.39, 0.29) is 10.8 Å². The van der Waals surface area contributed by atoms with E-state index in [2.05, 4.69) is 4.99 Å². The first-order valence-electron chi connectivity index (χ1n) is 10.8. The first-order valence-corrected chi connectivity index (χ1v) is 12.2. The Labute approximate surface area is 183 Å². The largest absolute Gasteiger partial charge is 0.457 e. The second-order valence-electron chi connectivity index (χ2n) is 7.64. The van der Waals surface area contributed by atoms with Crippen molar-refractivity contribution in [3.63, 3.8) is 0 Å². The second-order valence-corrected chi connectivity index (χ2v) is 9.58. The maximum absolute atomic E-state index is 12.7. The van der Waals surface area contributed by atoms with Crippen LogP contribution in [0.5, 0.6) is 0 Å². The molecule has 1 aromatic heterocycles. The maximum atomic E-state index is 12.7. The first-order chi connectivity index (χ1) is 14.9. The van der Waals surface area contributed by atoms with E-state index in [0.717, 1.165) is 43.6 Å². The Morgan fingerprint density at radius 2 is 1.81 bits per heavy atom. The highest BCUT2D eigenvalue weighted by atomic mass is 32.2. The van der Waals surface area contributed by atoms with Gasteiger partial charge in [0.15, 0.2) is 0 Å². The van der Waals surface area contributed by atoms with Crippen LogP contribution in [0.25, 0.3) is 17.4 Å². The van der Waals surface area contributed by atoms with Crippen LogP contribution in [0.3, 0.4) is 0 Å². The van der Waals surface area contributed by atoms with Gasteiger partial charge in [-0.1, -0.05) is 20.3 Å². The van der Waals surface area contributed by atoms with Crippen molar-refractivity contribution in [2.45, 2.75) is 44.4 Å². The third-order valence-electron chi connectivity index (χ3n) is 5.72. The second kappa shape index (κ2) is 8.80.